The van der Waals surface area contributed by atoms with Crippen molar-refractivity contribution in [3.05, 3.63) is 40.9 Å². The van der Waals surface area contributed by atoms with Gasteiger partial charge in [-0.1, -0.05) is 18.5 Å². The van der Waals surface area contributed by atoms with E-state index in [1.807, 2.05) is 16.8 Å². The van der Waals surface area contributed by atoms with Crippen LogP contribution in [0.4, 0.5) is 5.69 Å². The van der Waals surface area contributed by atoms with E-state index in [0.717, 1.165) is 24.5 Å². The van der Waals surface area contributed by atoms with E-state index in [9.17, 15) is 0 Å². The molecule has 0 fully saturated rings. The minimum atomic E-state index is 0.447. The number of aryl methyl sites for hydroxylation is 1. The van der Waals surface area contributed by atoms with Gasteiger partial charge in [-0.15, -0.1) is 0 Å². The molecule has 0 saturated carbocycles. The van der Waals surface area contributed by atoms with E-state index in [2.05, 4.69) is 22.3 Å². The summed E-state index contributed by atoms with van der Waals surface area (Å²) in [5.74, 6) is 0.877. The van der Waals surface area contributed by atoms with Gasteiger partial charge in [0.05, 0.1) is 17.1 Å². The number of hydrogen-bond acceptors (Lipinski definition) is 4. The summed E-state index contributed by atoms with van der Waals surface area (Å²) in [6.07, 6.45) is 2.57. The van der Waals surface area contributed by atoms with Gasteiger partial charge in [-0.25, -0.2) is 9.67 Å². The van der Waals surface area contributed by atoms with Crippen molar-refractivity contribution in [2.24, 2.45) is 0 Å². The van der Waals surface area contributed by atoms with Gasteiger partial charge >= 0.3 is 0 Å². The zero-order valence-electron chi connectivity index (χ0n) is 10.6. The van der Waals surface area contributed by atoms with Crippen LogP contribution in [-0.2, 0) is 13.1 Å². The Morgan fingerprint density at radius 2 is 2.32 bits per heavy atom. The first-order valence-corrected chi connectivity index (χ1v) is 6.42. The lowest BCUT2D eigenvalue weighted by atomic mass is 10.2. The molecular formula is C13H14ClN5. The third-order valence-corrected chi connectivity index (χ3v) is 2.98. The van der Waals surface area contributed by atoms with Crippen LogP contribution in [-0.4, -0.2) is 14.8 Å². The Balaban J connectivity index is 2.04. The average Bonchev–Trinajstić information content (AvgIpc) is 2.84. The Kier molecular flexibility index (Phi) is 4.37. The molecule has 2 rings (SSSR count). The molecule has 0 spiro atoms. The molecule has 1 aromatic carbocycles. The van der Waals surface area contributed by atoms with E-state index in [0.29, 0.717) is 17.1 Å². The van der Waals surface area contributed by atoms with Crippen LogP contribution < -0.4 is 5.32 Å². The van der Waals surface area contributed by atoms with Gasteiger partial charge in [0.1, 0.15) is 18.2 Å². The van der Waals surface area contributed by atoms with Crippen LogP contribution in [0, 0.1) is 11.3 Å². The van der Waals surface area contributed by atoms with Gasteiger partial charge in [0.2, 0.25) is 0 Å². The summed E-state index contributed by atoms with van der Waals surface area (Å²) in [5.41, 5.74) is 1.33. The van der Waals surface area contributed by atoms with E-state index in [-0.39, 0.29) is 0 Å². The van der Waals surface area contributed by atoms with Crippen LogP contribution in [0.2, 0.25) is 5.02 Å². The molecule has 0 radical (unpaired) electrons. The molecule has 98 valence electrons. The highest BCUT2D eigenvalue weighted by atomic mass is 35.5. The summed E-state index contributed by atoms with van der Waals surface area (Å²) in [7, 11) is 0. The Morgan fingerprint density at radius 1 is 1.47 bits per heavy atom. The minimum absolute atomic E-state index is 0.447. The topological polar surface area (TPSA) is 66.5 Å². The van der Waals surface area contributed by atoms with Crippen LogP contribution >= 0.6 is 11.6 Å². The number of anilines is 1. The zero-order chi connectivity index (χ0) is 13.7. The maximum Gasteiger partial charge on any atom is 0.146 e. The quantitative estimate of drug-likeness (QED) is 0.911. The molecular weight excluding hydrogens is 262 g/mol. The summed E-state index contributed by atoms with van der Waals surface area (Å²) in [4.78, 5) is 4.21. The van der Waals surface area contributed by atoms with Crippen molar-refractivity contribution in [2.45, 2.75) is 26.4 Å². The largest absolute Gasteiger partial charge is 0.378 e. The molecule has 2 aromatic rings. The second kappa shape index (κ2) is 6.21. The normalized spacial score (nSPS) is 10.2. The fraction of sp³-hybridized carbons (Fsp3) is 0.308. The Hall–Kier alpha value is -2.06. The first kappa shape index (κ1) is 13.4. The number of halogens is 1. The lowest BCUT2D eigenvalue weighted by Gasteiger charge is -2.08. The highest BCUT2D eigenvalue weighted by molar-refractivity contribution is 6.32. The van der Waals surface area contributed by atoms with Crippen LogP contribution in [0.3, 0.4) is 0 Å². The summed E-state index contributed by atoms with van der Waals surface area (Å²) in [6.45, 7) is 3.52. The molecule has 0 aliphatic rings. The third kappa shape index (κ3) is 3.24. The van der Waals surface area contributed by atoms with Crippen molar-refractivity contribution in [2.75, 3.05) is 5.32 Å². The lowest BCUT2D eigenvalue weighted by molar-refractivity contribution is 0.574. The Morgan fingerprint density at radius 3 is 3.00 bits per heavy atom. The second-order valence-electron chi connectivity index (χ2n) is 4.06. The van der Waals surface area contributed by atoms with Crippen molar-refractivity contribution in [1.29, 1.82) is 5.26 Å². The maximum atomic E-state index is 8.81. The molecule has 1 N–H and O–H groups in total. The molecule has 0 bridgehead atoms. The summed E-state index contributed by atoms with van der Waals surface area (Å²) in [6, 6.07) is 7.29. The molecule has 1 aromatic heterocycles. The van der Waals surface area contributed by atoms with E-state index in [4.69, 9.17) is 16.9 Å². The number of nitrogens with zero attached hydrogens (tertiary/aromatic N) is 4. The first-order chi connectivity index (χ1) is 9.24. The molecule has 0 aliphatic carbocycles. The molecule has 0 atom stereocenters. The monoisotopic (exact) mass is 275 g/mol. The molecule has 0 amide bonds. The van der Waals surface area contributed by atoms with Crippen molar-refractivity contribution in [1.82, 2.24) is 14.8 Å². The van der Waals surface area contributed by atoms with Gasteiger partial charge < -0.3 is 5.32 Å². The first-order valence-electron chi connectivity index (χ1n) is 6.04. The number of benzene rings is 1. The minimum Gasteiger partial charge on any atom is -0.378 e. The van der Waals surface area contributed by atoms with Crippen molar-refractivity contribution < 1.29 is 0 Å². The number of rotatable bonds is 5. The van der Waals surface area contributed by atoms with E-state index >= 15 is 0 Å². The summed E-state index contributed by atoms with van der Waals surface area (Å²) in [5, 5.41) is 16.6. The van der Waals surface area contributed by atoms with Crippen LogP contribution in [0.15, 0.2) is 24.5 Å². The van der Waals surface area contributed by atoms with Crippen molar-refractivity contribution >= 4 is 17.3 Å². The SMILES string of the molecule is CCCn1ncnc1CNc1ccc(C#N)c(Cl)c1. The number of hydrogen-bond donors (Lipinski definition) is 1. The predicted octanol–water partition coefficient (Wildman–Crippen LogP) is 2.83. The fourth-order valence-corrected chi connectivity index (χ4v) is 1.94. The molecule has 1 heterocycles. The summed E-state index contributed by atoms with van der Waals surface area (Å²) >= 11 is 5.98. The molecule has 19 heavy (non-hydrogen) atoms. The highest BCUT2D eigenvalue weighted by Crippen LogP contribution is 2.20. The third-order valence-electron chi connectivity index (χ3n) is 2.67. The number of aromatic nitrogens is 3. The van der Waals surface area contributed by atoms with Crippen LogP contribution in [0.1, 0.15) is 24.7 Å². The predicted molar refractivity (Wildman–Crippen MR) is 73.8 cm³/mol. The van der Waals surface area contributed by atoms with Gasteiger partial charge in [-0.2, -0.15) is 10.4 Å². The Labute approximate surface area is 116 Å². The molecule has 5 nitrogen and oxygen atoms in total. The molecule has 0 unspecified atom stereocenters. The summed E-state index contributed by atoms with van der Waals surface area (Å²) < 4.78 is 1.87. The van der Waals surface area contributed by atoms with Gasteiger partial charge in [0.25, 0.3) is 0 Å². The standard InChI is InChI=1S/C13H14ClN5/c1-2-5-19-13(17-9-18-19)8-16-11-4-3-10(7-15)12(14)6-11/h3-4,6,9,16H,2,5,8H2,1H3. The van der Waals surface area contributed by atoms with E-state index < -0.39 is 0 Å². The van der Waals surface area contributed by atoms with Crippen molar-refractivity contribution in [3.63, 3.8) is 0 Å². The molecule has 6 heteroatoms. The molecule has 0 aliphatic heterocycles. The van der Waals surface area contributed by atoms with Crippen molar-refractivity contribution in [3.8, 4) is 6.07 Å². The van der Waals surface area contributed by atoms with Gasteiger partial charge in [0.15, 0.2) is 0 Å². The van der Waals surface area contributed by atoms with Crippen LogP contribution in [0.5, 0.6) is 0 Å². The zero-order valence-corrected chi connectivity index (χ0v) is 11.4. The maximum absolute atomic E-state index is 8.81. The van der Waals surface area contributed by atoms with Crippen LogP contribution in [0.25, 0.3) is 0 Å². The Bertz CT molecular complexity index is 599. The van der Waals surface area contributed by atoms with E-state index in [1.165, 1.54) is 0 Å². The second-order valence-corrected chi connectivity index (χ2v) is 4.47. The number of nitrogens with one attached hydrogen (secondary N) is 1. The number of nitriles is 1. The molecule has 0 saturated heterocycles. The van der Waals surface area contributed by atoms with Gasteiger partial charge in [-0.05, 0) is 24.6 Å². The fourth-order valence-electron chi connectivity index (χ4n) is 1.72. The van der Waals surface area contributed by atoms with Gasteiger partial charge in [-0.3, -0.25) is 0 Å². The lowest BCUT2D eigenvalue weighted by Crippen LogP contribution is -2.10. The van der Waals surface area contributed by atoms with Gasteiger partial charge in [0, 0.05) is 12.2 Å². The average molecular weight is 276 g/mol. The highest BCUT2D eigenvalue weighted by Gasteiger charge is 2.04. The smallest absolute Gasteiger partial charge is 0.146 e. The van der Waals surface area contributed by atoms with E-state index in [1.54, 1.807) is 18.5 Å².